The fraction of sp³-hybridized carbons (Fsp3) is 0. The number of H-pyrrole nitrogens is 2. The van der Waals surface area contributed by atoms with Crippen LogP contribution in [0.2, 0.25) is 0 Å². The molecule has 0 radical (unpaired) electrons. The Kier molecular flexibility index (Phi) is 3.30. The Morgan fingerprint density at radius 2 is 2.14 bits per heavy atom. The molecule has 0 unspecified atom stereocenters. The molecule has 106 valence electrons. The lowest BCUT2D eigenvalue weighted by molar-refractivity contribution is 0.0991. The molecule has 6 nitrogen and oxygen atoms in total. The van der Waals surface area contributed by atoms with Crippen LogP contribution < -0.4 is 0 Å². The van der Waals surface area contributed by atoms with Gasteiger partial charge in [-0.25, -0.2) is 4.39 Å². The number of aromatic amines is 2. The average molecular weight is 351 g/mol. The zero-order chi connectivity index (χ0) is 15.0. The number of carbonyl (C=O) groups is 1. The molecule has 2 aromatic heterocycles. The molecule has 3 rings (SSSR count). The van der Waals surface area contributed by atoms with Crippen molar-refractivity contribution >= 4 is 38.4 Å². The van der Waals surface area contributed by atoms with Crippen LogP contribution in [0.15, 0.2) is 45.2 Å². The molecule has 0 saturated heterocycles. The number of aromatic hydroxyl groups is 1. The van der Waals surface area contributed by atoms with Crippen LogP contribution in [0.4, 0.5) is 10.1 Å². The van der Waals surface area contributed by atoms with Crippen molar-refractivity contribution in [3.8, 4) is 5.88 Å². The van der Waals surface area contributed by atoms with Gasteiger partial charge in [-0.2, -0.15) is 0 Å². The normalized spacial score (nSPS) is 11.5. The first-order valence-electron chi connectivity index (χ1n) is 5.85. The van der Waals surface area contributed by atoms with Gasteiger partial charge in [0.2, 0.25) is 5.88 Å². The highest BCUT2D eigenvalue weighted by atomic mass is 79.9. The summed E-state index contributed by atoms with van der Waals surface area (Å²) in [7, 11) is 0. The van der Waals surface area contributed by atoms with E-state index >= 15 is 0 Å². The van der Waals surface area contributed by atoms with Gasteiger partial charge in [0.15, 0.2) is 5.69 Å². The second-order valence-corrected chi connectivity index (χ2v) is 5.16. The van der Waals surface area contributed by atoms with Gasteiger partial charge < -0.3 is 15.1 Å². The number of benzene rings is 1. The van der Waals surface area contributed by atoms with E-state index in [1.807, 2.05) is 0 Å². The fourth-order valence-electron chi connectivity index (χ4n) is 1.88. The third kappa shape index (κ3) is 2.57. The van der Waals surface area contributed by atoms with Crippen molar-refractivity contribution in [2.75, 3.05) is 0 Å². The fourth-order valence-corrected chi connectivity index (χ4v) is 2.23. The highest BCUT2D eigenvalue weighted by Gasteiger charge is 2.12. The van der Waals surface area contributed by atoms with Gasteiger partial charge in [0.1, 0.15) is 11.5 Å². The van der Waals surface area contributed by atoms with Crippen LogP contribution in [0.25, 0.3) is 10.9 Å². The number of hydrogen-bond acceptors (Lipinski definition) is 3. The van der Waals surface area contributed by atoms with Crippen LogP contribution in [0, 0.1) is 5.82 Å². The Balaban J connectivity index is 1.96. The number of halogens is 2. The molecule has 0 aliphatic carbocycles. The minimum Gasteiger partial charge on any atom is -0.493 e. The summed E-state index contributed by atoms with van der Waals surface area (Å²) in [5, 5.41) is 17.5. The Morgan fingerprint density at radius 1 is 1.33 bits per heavy atom. The number of aromatic nitrogens is 2. The van der Waals surface area contributed by atoms with E-state index in [4.69, 9.17) is 0 Å². The van der Waals surface area contributed by atoms with Crippen LogP contribution in [-0.4, -0.2) is 21.0 Å². The molecule has 0 atom stereocenters. The third-order valence-corrected chi connectivity index (χ3v) is 3.29. The van der Waals surface area contributed by atoms with Crippen molar-refractivity contribution in [2.24, 2.45) is 10.2 Å². The lowest BCUT2D eigenvalue weighted by Gasteiger charge is -1.92. The summed E-state index contributed by atoms with van der Waals surface area (Å²) in [4.78, 5) is 17.1. The van der Waals surface area contributed by atoms with Gasteiger partial charge in [0.05, 0.1) is 5.52 Å². The summed E-state index contributed by atoms with van der Waals surface area (Å²) in [6, 6.07) is 5.47. The summed E-state index contributed by atoms with van der Waals surface area (Å²) < 4.78 is 13.8. The molecule has 1 amide bonds. The lowest BCUT2D eigenvalue weighted by atomic mass is 10.2. The minimum atomic E-state index is -0.587. The maximum absolute atomic E-state index is 13.1. The summed E-state index contributed by atoms with van der Waals surface area (Å²) in [5.74, 6) is -1.31. The molecule has 0 spiro atoms. The van der Waals surface area contributed by atoms with Crippen LogP contribution >= 0.6 is 15.9 Å². The van der Waals surface area contributed by atoms with E-state index in [-0.39, 0.29) is 17.3 Å². The monoisotopic (exact) mass is 350 g/mol. The summed E-state index contributed by atoms with van der Waals surface area (Å²) in [6.07, 6.45) is 1.59. The van der Waals surface area contributed by atoms with Gasteiger partial charge in [0.25, 0.3) is 0 Å². The predicted molar refractivity (Wildman–Crippen MR) is 77.3 cm³/mol. The van der Waals surface area contributed by atoms with E-state index in [9.17, 15) is 14.3 Å². The van der Waals surface area contributed by atoms with Gasteiger partial charge in [-0.15, -0.1) is 10.2 Å². The zero-order valence-electron chi connectivity index (χ0n) is 10.4. The van der Waals surface area contributed by atoms with E-state index in [0.29, 0.717) is 15.4 Å². The number of nitrogens with one attached hydrogen (secondary N) is 2. The number of amides is 1. The quantitative estimate of drug-likeness (QED) is 0.608. The Hall–Kier alpha value is -2.48. The van der Waals surface area contributed by atoms with Crippen molar-refractivity contribution in [3.05, 3.63) is 46.4 Å². The molecule has 0 saturated carbocycles. The average Bonchev–Trinajstić information content (AvgIpc) is 2.99. The van der Waals surface area contributed by atoms with E-state index in [2.05, 4.69) is 36.1 Å². The topological polar surface area (TPSA) is 93.6 Å². The third-order valence-electron chi connectivity index (χ3n) is 2.83. The number of hydrogen-bond donors (Lipinski definition) is 3. The van der Waals surface area contributed by atoms with E-state index < -0.39 is 11.7 Å². The molecule has 0 aliphatic heterocycles. The van der Waals surface area contributed by atoms with Crippen molar-refractivity contribution < 1.29 is 14.3 Å². The first kappa shape index (κ1) is 13.5. The van der Waals surface area contributed by atoms with Crippen molar-refractivity contribution in [3.63, 3.8) is 0 Å². The molecule has 21 heavy (non-hydrogen) atoms. The van der Waals surface area contributed by atoms with Crippen molar-refractivity contribution in [1.82, 2.24) is 9.97 Å². The number of nitrogens with zero attached hydrogens (tertiary/aromatic N) is 2. The molecule has 0 fully saturated rings. The van der Waals surface area contributed by atoms with Crippen LogP contribution in [0.1, 0.15) is 10.5 Å². The summed E-state index contributed by atoms with van der Waals surface area (Å²) in [5.41, 5.74) is 0.719. The van der Waals surface area contributed by atoms with Gasteiger partial charge >= 0.3 is 5.91 Å². The predicted octanol–water partition coefficient (Wildman–Crippen LogP) is 4.03. The smallest absolute Gasteiger partial charge is 0.311 e. The van der Waals surface area contributed by atoms with Crippen LogP contribution in [-0.2, 0) is 0 Å². The van der Waals surface area contributed by atoms with Gasteiger partial charge in [-0.1, -0.05) is 0 Å². The Morgan fingerprint density at radius 3 is 2.86 bits per heavy atom. The molecule has 0 bridgehead atoms. The Labute approximate surface area is 125 Å². The van der Waals surface area contributed by atoms with E-state index in [0.717, 1.165) is 0 Å². The first-order valence-corrected chi connectivity index (χ1v) is 6.64. The second kappa shape index (κ2) is 5.13. The highest BCUT2D eigenvalue weighted by molar-refractivity contribution is 9.10. The summed E-state index contributed by atoms with van der Waals surface area (Å²) >= 11 is 3.20. The number of rotatable bonds is 2. The molecule has 3 aromatic rings. The van der Waals surface area contributed by atoms with Crippen LogP contribution in [0.5, 0.6) is 5.88 Å². The molecular formula is C13H8BrFN4O2. The minimum absolute atomic E-state index is 0.0870. The van der Waals surface area contributed by atoms with Gasteiger partial charge in [-0.05, 0) is 40.2 Å². The maximum Gasteiger partial charge on any atom is 0.311 e. The van der Waals surface area contributed by atoms with E-state index in [1.54, 1.807) is 12.3 Å². The molecular weight excluding hydrogens is 343 g/mol. The summed E-state index contributed by atoms with van der Waals surface area (Å²) in [6.45, 7) is 0. The zero-order valence-corrected chi connectivity index (χ0v) is 12.0. The lowest BCUT2D eigenvalue weighted by Crippen LogP contribution is -1.92. The SMILES string of the molecule is O=C(N=Nc1c(O)[nH]c2cc(F)ccc12)c1cc(Br)c[nH]1. The largest absolute Gasteiger partial charge is 0.493 e. The Bertz CT molecular complexity index is 868. The first-order chi connectivity index (χ1) is 10.0. The number of fused-ring (bicyclic) bond motifs is 1. The second-order valence-electron chi connectivity index (χ2n) is 4.25. The number of azo groups is 1. The molecule has 3 N–H and O–H groups in total. The van der Waals surface area contributed by atoms with E-state index in [1.165, 1.54) is 18.2 Å². The molecule has 8 heteroatoms. The standard InChI is InChI=1S/C13H8BrFN4O2/c14-6-3-10(16-5-6)12(20)19-18-11-8-2-1-7(15)4-9(8)17-13(11)21/h1-5,16-17,21H. The maximum atomic E-state index is 13.1. The molecule has 2 heterocycles. The van der Waals surface area contributed by atoms with Gasteiger partial charge in [-0.3, -0.25) is 4.79 Å². The number of carbonyl (C=O) groups excluding carboxylic acids is 1. The molecule has 1 aromatic carbocycles. The van der Waals surface area contributed by atoms with Crippen molar-refractivity contribution in [2.45, 2.75) is 0 Å². The van der Waals surface area contributed by atoms with Crippen molar-refractivity contribution in [1.29, 1.82) is 0 Å². The van der Waals surface area contributed by atoms with Crippen LogP contribution in [0.3, 0.4) is 0 Å². The van der Waals surface area contributed by atoms with Gasteiger partial charge in [0, 0.05) is 16.1 Å². The highest BCUT2D eigenvalue weighted by Crippen LogP contribution is 2.35. The molecule has 0 aliphatic rings.